The van der Waals surface area contributed by atoms with Crippen LogP contribution in [0.15, 0.2) is 48.5 Å². The number of carbonyl (C=O) groups is 2. The minimum absolute atomic E-state index is 0.0253. The first-order chi connectivity index (χ1) is 13.3. The second kappa shape index (κ2) is 8.15. The highest BCUT2D eigenvalue weighted by atomic mass is 16.2. The minimum Gasteiger partial charge on any atom is -0.324 e. The Labute approximate surface area is 166 Å². The van der Waals surface area contributed by atoms with Crippen molar-refractivity contribution in [2.45, 2.75) is 33.1 Å². The molecule has 2 amide bonds. The fraction of sp³-hybridized carbons (Fsp3) is 0.391. The zero-order chi connectivity index (χ0) is 20.3. The van der Waals surface area contributed by atoms with Gasteiger partial charge in [-0.05, 0) is 54.3 Å². The summed E-state index contributed by atoms with van der Waals surface area (Å²) in [4.78, 5) is 25.2. The van der Waals surface area contributed by atoms with Crippen LogP contribution in [0.3, 0.4) is 0 Å². The molecule has 3 rings (SSSR count). The zero-order valence-corrected chi connectivity index (χ0v) is 17.0. The van der Waals surface area contributed by atoms with Crippen molar-refractivity contribution in [1.29, 1.82) is 0 Å². The van der Waals surface area contributed by atoms with Crippen LogP contribution in [-0.2, 0) is 10.2 Å². The molecule has 1 atom stereocenters. The SMILES string of the molecule is CC(C(=O)Nc1ccccc1NC(=O)c1ccc(C(C)(C)C)cc1)C1CNC1. The first kappa shape index (κ1) is 20.1. The number of amides is 2. The standard InChI is InChI=1S/C23H29N3O2/c1-15(17-13-24-14-17)21(27)25-19-7-5-6-8-20(19)26-22(28)16-9-11-18(12-10-16)23(2,3)4/h5-12,15,17,24H,13-14H2,1-4H3,(H,25,27)(H,26,28). The third kappa shape index (κ3) is 4.60. The summed E-state index contributed by atoms with van der Waals surface area (Å²) in [5, 5.41) is 9.08. The first-order valence-electron chi connectivity index (χ1n) is 9.78. The predicted molar refractivity (Wildman–Crippen MR) is 114 cm³/mol. The van der Waals surface area contributed by atoms with Crippen LogP contribution in [0.1, 0.15) is 43.6 Å². The van der Waals surface area contributed by atoms with Crippen molar-refractivity contribution < 1.29 is 9.59 Å². The van der Waals surface area contributed by atoms with E-state index in [0.29, 0.717) is 22.9 Å². The number of nitrogens with one attached hydrogen (secondary N) is 3. The minimum atomic E-state index is -0.196. The second-order valence-electron chi connectivity index (χ2n) is 8.52. The van der Waals surface area contributed by atoms with E-state index >= 15 is 0 Å². The molecule has 0 bridgehead atoms. The van der Waals surface area contributed by atoms with E-state index in [4.69, 9.17) is 0 Å². The van der Waals surface area contributed by atoms with E-state index in [1.54, 1.807) is 6.07 Å². The van der Waals surface area contributed by atoms with Gasteiger partial charge in [0.05, 0.1) is 11.4 Å². The van der Waals surface area contributed by atoms with Gasteiger partial charge in [-0.2, -0.15) is 0 Å². The molecular formula is C23H29N3O2. The van der Waals surface area contributed by atoms with Crippen molar-refractivity contribution >= 4 is 23.2 Å². The molecule has 2 aromatic rings. The van der Waals surface area contributed by atoms with Crippen molar-refractivity contribution in [3.8, 4) is 0 Å². The lowest BCUT2D eigenvalue weighted by Crippen LogP contribution is -2.48. The van der Waals surface area contributed by atoms with Crippen molar-refractivity contribution in [2.75, 3.05) is 23.7 Å². The molecule has 1 unspecified atom stereocenters. The molecule has 28 heavy (non-hydrogen) atoms. The highest BCUT2D eigenvalue weighted by Crippen LogP contribution is 2.26. The number of hydrogen-bond acceptors (Lipinski definition) is 3. The van der Waals surface area contributed by atoms with Gasteiger partial charge in [0.1, 0.15) is 0 Å². The third-order valence-electron chi connectivity index (χ3n) is 5.38. The van der Waals surface area contributed by atoms with Crippen molar-refractivity contribution in [2.24, 2.45) is 11.8 Å². The van der Waals surface area contributed by atoms with E-state index in [1.165, 1.54) is 5.56 Å². The summed E-state index contributed by atoms with van der Waals surface area (Å²) < 4.78 is 0. The van der Waals surface area contributed by atoms with Gasteiger partial charge in [-0.3, -0.25) is 9.59 Å². The van der Waals surface area contributed by atoms with E-state index in [-0.39, 0.29) is 23.1 Å². The lowest BCUT2D eigenvalue weighted by Gasteiger charge is -2.31. The normalized spacial score (nSPS) is 15.4. The molecule has 148 valence electrons. The number of rotatable bonds is 5. The largest absolute Gasteiger partial charge is 0.324 e. The number of carbonyl (C=O) groups excluding carboxylic acids is 2. The highest BCUT2D eigenvalue weighted by Gasteiger charge is 2.29. The third-order valence-corrected chi connectivity index (χ3v) is 5.38. The molecule has 0 spiro atoms. The Kier molecular flexibility index (Phi) is 5.84. The van der Waals surface area contributed by atoms with Crippen LogP contribution in [0.4, 0.5) is 11.4 Å². The molecule has 1 aliphatic rings. The van der Waals surface area contributed by atoms with Crippen LogP contribution in [0.2, 0.25) is 0 Å². The molecule has 1 aliphatic heterocycles. The molecule has 3 N–H and O–H groups in total. The van der Waals surface area contributed by atoms with Crippen LogP contribution in [0, 0.1) is 11.8 Å². The summed E-state index contributed by atoms with van der Waals surface area (Å²) in [5.41, 5.74) is 3.02. The lowest BCUT2D eigenvalue weighted by molar-refractivity contribution is -0.121. The average Bonchev–Trinajstić information content (AvgIpc) is 2.61. The quantitative estimate of drug-likeness (QED) is 0.735. The van der Waals surface area contributed by atoms with Crippen LogP contribution < -0.4 is 16.0 Å². The van der Waals surface area contributed by atoms with Gasteiger partial charge in [-0.1, -0.05) is 52.0 Å². The zero-order valence-electron chi connectivity index (χ0n) is 17.0. The van der Waals surface area contributed by atoms with E-state index in [9.17, 15) is 9.59 Å². The molecule has 0 saturated carbocycles. The van der Waals surface area contributed by atoms with Gasteiger partial charge in [0.2, 0.25) is 5.91 Å². The lowest BCUT2D eigenvalue weighted by atomic mass is 9.87. The molecule has 0 radical (unpaired) electrons. The van der Waals surface area contributed by atoms with Crippen LogP contribution in [0.5, 0.6) is 0 Å². The Morgan fingerprint density at radius 2 is 1.54 bits per heavy atom. The number of anilines is 2. The van der Waals surface area contributed by atoms with Gasteiger partial charge in [-0.25, -0.2) is 0 Å². The van der Waals surface area contributed by atoms with E-state index in [2.05, 4.69) is 36.7 Å². The van der Waals surface area contributed by atoms with Crippen molar-refractivity contribution in [3.05, 3.63) is 59.7 Å². The molecule has 1 heterocycles. The number of hydrogen-bond donors (Lipinski definition) is 3. The molecule has 5 heteroatoms. The Morgan fingerprint density at radius 3 is 2.04 bits per heavy atom. The molecule has 5 nitrogen and oxygen atoms in total. The summed E-state index contributed by atoms with van der Waals surface area (Å²) in [7, 11) is 0. The van der Waals surface area contributed by atoms with Gasteiger partial charge in [0.15, 0.2) is 0 Å². The second-order valence-corrected chi connectivity index (χ2v) is 8.52. The van der Waals surface area contributed by atoms with Crippen LogP contribution in [-0.4, -0.2) is 24.9 Å². The van der Waals surface area contributed by atoms with E-state index in [1.807, 2.05) is 49.4 Å². The summed E-state index contributed by atoms with van der Waals surface area (Å²) in [5.74, 6) is 0.0687. The first-order valence-corrected chi connectivity index (χ1v) is 9.78. The average molecular weight is 380 g/mol. The maximum absolute atomic E-state index is 12.7. The van der Waals surface area contributed by atoms with Gasteiger partial charge in [0, 0.05) is 11.5 Å². The topological polar surface area (TPSA) is 70.2 Å². The summed E-state index contributed by atoms with van der Waals surface area (Å²) in [6, 6.07) is 14.9. The van der Waals surface area contributed by atoms with Crippen LogP contribution >= 0.6 is 0 Å². The Bertz CT molecular complexity index is 849. The van der Waals surface area contributed by atoms with Crippen molar-refractivity contribution in [3.63, 3.8) is 0 Å². The smallest absolute Gasteiger partial charge is 0.255 e. The van der Waals surface area contributed by atoms with Crippen molar-refractivity contribution in [1.82, 2.24) is 5.32 Å². The van der Waals surface area contributed by atoms with Gasteiger partial charge >= 0.3 is 0 Å². The summed E-state index contributed by atoms with van der Waals surface area (Å²) >= 11 is 0. The van der Waals surface area contributed by atoms with Gasteiger partial charge in [0.25, 0.3) is 5.91 Å². The van der Waals surface area contributed by atoms with Crippen LogP contribution in [0.25, 0.3) is 0 Å². The number of para-hydroxylation sites is 2. The fourth-order valence-corrected chi connectivity index (χ4v) is 3.14. The fourth-order valence-electron chi connectivity index (χ4n) is 3.14. The van der Waals surface area contributed by atoms with Gasteiger partial charge < -0.3 is 16.0 Å². The Balaban J connectivity index is 1.70. The Morgan fingerprint density at radius 1 is 0.964 bits per heavy atom. The molecule has 0 aliphatic carbocycles. The highest BCUT2D eigenvalue weighted by molar-refractivity contribution is 6.07. The predicted octanol–water partition coefficient (Wildman–Crippen LogP) is 4.03. The summed E-state index contributed by atoms with van der Waals surface area (Å²) in [6.45, 7) is 10.1. The monoisotopic (exact) mass is 379 g/mol. The van der Waals surface area contributed by atoms with E-state index < -0.39 is 0 Å². The maximum atomic E-state index is 12.7. The van der Waals surface area contributed by atoms with E-state index in [0.717, 1.165) is 13.1 Å². The molecule has 1 fully saturated rings. The van der Waals surface area contributed by atoms with Gasteiger partial charge in [-0.15, -0.1) is 0 Å². The maximum Gasteiger partial charge on any atom is 0.255 e. The molecule has 0 aromatic heterocycles. The molecule has 2 aromatic carbocycles. The Hall–Kier alpha value is -2.66. The molecule has 1 saturated heterocycles. The number of benzene rings is 2. The molecular weight excluding hydrogens is 350 g/mol. The summed E-state index contributed by atoms with van der Waals surface area (Å²) in [6.07, 6.45) is 0.